The van der Waals surface area contributed by atoms with Crippen LogP contribution in [0.25, 0.3) is 10.8 Å². The third kappa shape index (κ3) is 4.68. The lowest BCUT2D eigenvalue weighted by atomic mass is 10.00. The van der Waals surface area contributed by atoms with Gasteiger partial charge in [-0.2, -0.15) is 10.2 Å². The zero-order chi connectivity index (χ0) is 25.2. The Balaban J connectivity index is 1.44. The third-order valence-corrected chi connectivity index (χ3v) is 6.17. The number of carbonyl (C=O) groups excluding carboxylic acids is 1. The normalized spacial score (nSPS) is 12.0. The van der Waals surface area contributed by atoms with Crippen molar-refractivity contribution in [2.24, 2.45) is 14.1 Å². The predicted molar refractivity (Wildman–Crippen MR) is 133 cm³/mol. The first-order valence-electron chi connectivity index (χ1n) is 11.4. The minimum Gasteiger partial charge on any atom is -0.494 e. The van der Waals surface area contributed by atoms with E-state index in [0.29, 0.717) is 17.5 Å². The number of nitrogens with zero attached hydrogens (tertiary/aromatic N) is 5. The molecule has 3 aromatic heterocycles. The van der Waals surface area contributed by atoms with Gasteiger partial charge in [0.2, 0.25) is 0 Å². The van der Waals surface area contributed by atoms with Crippen LogP contribution in [0.5, 0.6) is 5.75 Å². The molecule has 5 aromatic rings. The number of hydrogen-bond acceptors (Lipinski definition) is 5. The first-order chi connectivity index (χ1) is 17.4. The van der Waals surface area contributed by atoms with Gasteiger partial charge in [-0.1, -0.05) is 12.1 Å². The number of methoxy groups -OCH3 is 1. The average Bonchev–Trinajstić information content (AvgIpc) is 3.49. The molecule has 0 unspecified atom stereocenters. The Morgan fingerprint density at radius 3 is 2.58 bits per heavy atom. The lowest BCUT2D eigenvalue weighted by Gasteiger charge is -2.19. The number of ether oxygens (including phenoxy) is 1. The highest BCUT2D eigenvalue weighted by atomic mass is 19.1. The number of pyridine rings is 1. The monoisotopic (exact) mass is 484 g/mol. The maximum Gasteiger partial charge on any atom is 0.252 e. The van der Waals surface area contributed by atoms with Crippen LogP contribution >= 0.6 is 0 Å². The van der Waals surface area contributed by atoms with Gasteiger partial charge in [-0.25, -0.2) is 4.39 Å². The molecule has 5 rings (SSSR count). The molecule has 1 amide bonds. The molecule has 182 valence electrons. The molecule has 0 aliphatic rings. The summed E-state index contributed by atoms with van der Waals surface area (Å²) in [5.41, 5.74) is 3.73. The minimum absolute atomic E-state index is 0.139. The molecule has 1 atom stereocenters. The van der Waals surface area contributed by atoms with Crippen molar-refractivity contribution in [2.75, 3.05) is 7.11 Å². The van der Waals surface area contributed by atoms with E-state index in [2.05, 4.69) is 20.5 Å². The van der Waals surface area contributed by atoms with Crippen molar-refractivity contribution in [3.05, 3.63) is 107 Å². The number of halogens is 1. The minimum atomic E-state index is -0.597. The van der Waals surface area contributed by atoms with Crippen molar-refractivity contribution in [3.8, 4) is 5.75 Å². The summed E-state index contributed by atoms with van der Waals surface area (Å²) in [5.74, 6) is -0.649. The highest BCUT2D eigenvalue weighted by molar-refractivity contribution is 5.98. The summed E-state index contributed by atoms with van der Waals surface area (Å²) in [4.78, 5) is 17.9. The quantitative estimate of drug-likeness (QED) is 0.378. The van der Waals surface area contributed by atoms with Gasteiger partial charge in [0.1, 0.15) is 0 Å². The molecule has 3 heterocycles. The topological polar surface area (TPSA) is 86.9 Å². The third-order valence-electron chi connectivity index (χ3n) is 6.17. The molecule has 0 saturated carbocycles. The zero-order valence-corrected chi connectivity index (χ0v) is 20.1. The van der Waals surface area contributed by atoms with Crippen LogP contribution in [-0.2, 0) is 20.5 Å². The number of fused-ring (bicyclic) bond motifs is 1. The Bertz CT molecular complexity index is 1560. The molecule has 1 N–H and O–H groups in total. The zero-order valence-electron chi connectivity index (χ0n) is 20.1. The van der Waals surface area contributed by atoms with Crippen molar-refractivity contribution < 1.29 is 13.9 Å². The number of hydrogen-bond donors (Lipinski definition) is 1. The molecule has 0 spiro atoms. The Hall–Kier alpha value is -4.53. The first kappa shape index (κ1) is 23.2. The Morgan fingerprint density at radius 2 is 1.89 bits per heavy atom. The van der Waals surface area contributed by atoms with Crippen molar-refractivity contribution >= 4 is 16.7 Å². The van der Waals surface area contributed by atoms with E-state index >= 15 is 0 Å². The van der Waals surface area contributed by atoms with E-state index in [-0.39, 0.29) is 11.7 Å². The maximum absolute atomic E-state index is 14.5. The van der Waals surface area contributed by atoms with Gasteiger partial charge in [0.05, 0.1) is 19.3 Å². The second-order valence-electron chi connectivity index (χ2n) is 8.61. The summed E-state index contributed by atoms with van der Waals surface area (Å²) in [5, 5.41) is 13.3. The summed E-state index contributed by atoms with van der Waals surface area (Å²) in [6, 6.07) is 13.5. The molecule has 0 saturated heterocycles. The fourth-order valence-electron chi connectivity index (χ4n) is 4.21. The fraction of sp³-hybridized carbons (Fsp3) is 0.185. The van der Waals surface area contributed by atoms with Gasteiger partial charge in [0.25, 0.3) is 5.91 Å². The van der Waals surface area contributed by atoms with Gasteiger partial charge in [0.15, 0.2) is 11.6 Å². The van der Waals surface area contributed by atoms with E-state index in [0.717, 1.165) is 27.7 Å². The largest absolute Gasteiger partial charge is 0.494 e. The van der Waals surface area contributed by atoms with Crippen LogP contribution in [0.3, 0.4) is 0 Å². The highest BCUT2D eigenvalue weighted by Crippen LogP contribution is 2.27. The lowest BCUT2D eigenvalue weighted by Crippen LogP contribution is -2.29. The summed E-state index contributed by atoms with van der Waals surface area (Å²) in [6.45, 7) is 0. The Morgan fingerprint density at radius 1 is 1.03 bits per heavy atom. The second-order valence-corrected chi connectivity index (χ2v) is 8.61. The first-order valence-corrected chi connectivity index (χ1v) is 11.4. The molecular formula is C27H25FN6O2. The van der Waals surface area contributed by atoms with E-state index in [1.165, 1.54) is 13.2 Å². The number of rotatable bonds is 7. The van der Waals surface area contributed by atoms with Gasteiger partial charge in [-0.05, 0) is 47.3 Å². The van der Waals surface area contributed by atoms with Crippen LogP contribution in [0.4, 0.5) is 4.39 Å². The van der Waals surface area contributed by atoms with E-state index in [1.54, 1.807) is 54.7 Å². The summed E-state index contributed by atoms with van der Waals surface area (Å²) >= 11 is 0. The number of aryl methyl sites for hydroxylation is 2. The van der Waals surface area contributed by atoms with E-state index in [9.17, 15) is 9.18 Å². The van der Waals surface area contributed by atoms with Gasteiger partial charge in [-0.15, -0.1) is 0 Å². The van der Waals surface area contributed by atoms with Crippen molar-refractivity contribution in [2.45, 2.75) is 12.5 Å². The average molecular weight is 485 g/mol. The standard InChI is InChI=1S/C27H25FN6O2/c1-33-16-21(15-31-33)26(17-6-7-25(36-3)24(28)12-17)32-27(35)18-4-5-19-14-29-22(11-20(19)10-18)13-23-8-9-30-34(23)2/h4-12,14-16,26H,13H2,1-3H3,(H,32,35)/t26-/m0/s1. The second kappa shape index (κ2) is 9.61. The van der Waals surface area contributed by atoms with Crippen molar-refractivity contribution in [1.29, 1.82) is 0 Å². The van der Waals surface area contributed by atoms with Crippen LogP contribution in [-0.4, -0.2) is 37.6 Å². The number of aromatic nitrogens is 5. The molecule has 36 heavy (non-hydrogen) atoms. The molecule has 0 aliphatic carbocycles. The van der Waals surface area contributed by atoms with Gasteiger partial charge in [0, 0.05) is 67.0 Å². The lowest BCUT2D eigenvalue weighted by molar-refractivity contribution is 0.0943. The van der Waals surface area contributed by atoms with Crippen LogP contribution in [0, 0.1) is 5.82 Å². The smallest absolute Gasteiger partial charge is 0.252 e. The summed E-state index contributed by atoms with van der Waals surface area (Å²) < 4.78 is 23.0. The number of amides is 1. The van der Waals surface area contributed by atoms with Crippen LogP contribution < -0.4 is 10.1 Å². The highest BCUT2D eigenvalue weighted by Gasteiger charge is 2.21. The van der Waals surface area contributed by atoms with E-state index in [4.69, 9.17) is 4.74 Å². The molecule has 0 bridgehead atoms. The number of carbonyl (C=O) groups is 1. The molecular weight excluding hydrogens is 459 g/mol. The van der Waals surface area contributed by atoms with Gasteiger partial charge >= 0.3 is 0 Å². The van der Waals surface area contributed by atoms with E-state index in [1.807, 2.05) is 36.0 Å². The number of benzene rings is 2. The van der Waals surface area contributed by atoms with E-state index < -0.39 is 11.9 Å². The Labute approximate surface area is 207 Å². The molecule has 0 aliphatic heterocycles. The van der Waals surface area contributed by atoms with Gasteiger partial charge < -0.3 is 10.1 Å². The fourth-order valence-corrected chi connectivity index (χ4v) is 4.21. The molecule has 0 fully saturated rings. The van der Waals surface area contributed by atoms with Crippen LogP contribution in [0.2, 0.25) is 0 Å². The van der Waals surface area contributed by atoms with Crippen LogP contribution in [0.15, 0.2) is 73.3 Å². The van der Waals surface area contributed by atoms with Gasteiger partial charge in [-0.3, -0.25) is 19.1 Å². The Kier molecular flexibility index (Phi) is 6.20. The van der Waals surface area contributed by atoms with Crippen molar-refractivity contribution in [1.82, 2.24) is 29.9 Å². The molecule has 2 aromatic carbocycles. The van der Waals surface area contributed by atoms with Crippen LogP contribution in [0.1, 0.15) is 38.9 Å². The molecule has 0 radical (unpaired) electrons. The summed E-state index contributed by atoms with van der Waals surface area (Å²) in [6.07, 6.45) is 7.65. The summed E-state index contributed by atoms with van der Waals surface area (Å²) in [7, 11) is 5.10. The maximum atomic E-state index is 14.5. The molecule has 9 heteroatoms. The predicted octanol–water partition coefficient (Wildman–Crippen LogP) is 3.96. The molecule has 8 nitrogen and oxygen atoms in total. The SMILES string of the molecule is COc1ccc([C@H](NC(=O)c2ccc3cnc(Cc4ccnn4C)cc3c2)c2cnn(C)c2)cc1F. The number of nitrogens with one attached hydrogen (secondary N) is 1. The van der Waals surface area contributed by atoms with Crippen molar-refractivity contribution in [3.63, 3.8) is 0 Å².